The highest BCUT2D eigenvalue weighted by Gasteiger charge is 2.27. The summed E-state index contributed by atoms with van der Waals surface area (Å²) in [6.07, 6.45) is 4.62. The van der Waals surface area contributed by atoms with Crippen molar-refractivity contribution in [2.75, 3.05) is 11.4 Å². The lowest BCUT2D eigenvalue weighted by Crippen LogP contribution is -2.41. The molecule has 0 atom stereocenters. The average molecular weight is 282 g/mol. The van der Waals surface area contributed by atoms with Crippen LogP contribution in [0.2, 0.25) is 0 Å². The molecule has 1 aromatic rings. The van der Waals surface area contributed by atoms with Gasteiger partial charge in [0.2, 0.25) is 5.13 Å². The van der Waals surface area contributed by atoms with E-state index < -0.39 is 0 Å². The molecule has 0 unspecified atom stereocenters. The summed E-state index contributed by atoms with van der Waals surface area (Å²) >= 11 is 1.54. The van der Waals surface area contributed by atoms with Crippen LogP contribution in [0.25, 0.3) is 0 Å². The molecule has 2 N–H and O–H groups in total. The van der Waals surface area contributed by atoms with Crippen molar-refractivity contribution in [3.05, 3.63) is 5.82 Å². The highest BCUT2D eigenvalue weighted by atomic mass is 32.1. The van der Waals surface area contributed by atoms with Crippen LogP contribution in [0.3, 0.4) is 0 Å². The molecule has 1 heterocycles. The fourth-order valence-corrected chi connectivity index (χ4v) is 3.59. The zero-order valence-corrected chi connectivity index (χ0v) is 13.3. The van der Waals surface area contributed by atoms with Gasteiger partial charge in [-0.2, -0.15) is 4.37 Å². The van der Waals surface area contributed by atoms with E-state index in [0.717, 1.165) is 30.3 Å². The molecule has 19 heavy (non-hydrogen) atoms. The minimum atomic E-state index is 0.0308. The predicted molar refractivity (Wildman–Crippen MR) is 81.9 cm³/mol. The molecule has 1 aromatic heterocycles. The summed E-state index contributed by atoms with van der Waals surface area (Å²) in [5.41, 5.74) is 6.03. The van der Waals surface area contributed by atoms with E-state index in [1.807, 2.05) is 0 Å². The number of aromatic nitrogens is 2. The molecule has 0 radical (unpaired) electrons. The van der Waals surface area contributed by atoms with Crippen molar-refractivity contribution in [3.63, 3.8) is 0 Å². The molecule has 0 amide bonds. The molecule has 0 saturated heterocycles. The molecule has 1 fully saturated rings. The van der Waals surface area contributed by atoms with E-state index in [9.17, 15) is 0 Å². The van der Waals surface area contributed by atoms with Gasteiger partial charge >= 0.3 is 0 Å². The fourth-order valence-electron chi connectivity index (χ4n) is 2.60. The van der Waals surface area contributed by atoms with E-state index in [0.29, 0.717) is 12.1 Å². The van der Waals surface area contributed by atoms with Crippen LogP contribution in [0, 0.1) is 0 Å². The van der Waals surface area contributed by atoms with Crippen molar-refractivity contribution >= 4 is 16.7 Å². The first-order valence-electron chi connectivity index (χ1n) is 7.28. The summed E-state index contributed by atoms with van der Waals surface area (Å²) in [5, 5.41) is 1.08. The van der Waals surface area contributed by atoms with Gasteiger partial charge in [-0.25, -0.2) is 4.98 Å². The van der Waals surface area contributed by atoms with Crippen LogP contribution >= 0.6 is 11.5 Å². The summed E-state index contributed by atoms with van der Waals surface area (Å²) in [5.74, 6) is 0.957. The number of hydrogen-bond donors (Lipinski definition) is 1. The Kier molecular flexibility index (Phi) is 4.46. The SMILES string of the molecule is CCN(c1nc(C(C)(C)C)ns1)C1CCC(N)CC1. The molecule has 0 bridgehead atoms. The smallest absolute Gasteiger partial charge is 0.205 e. The second-order valence-corrected chi connectivity index (χ2v) is 7.24. The minimum Gasteiger partial charge on any atom is -0.344 e. The van der Waals surface area contributed by atoms with Crippen LogP contribution in [0.1, 0.15) is 59.2 Å². The molecule has 1 saturated carbocycles. The van der Waals surface area contributed by atoms with Gasteiger partial charge in [0.1, 0.15) is 5.82 Å². The van der Waals surface area contributed by atoms with E-state index in [1.165, 1.54) is 24.4 Å². The summed E-state index contributed by atoms with van der Waals surface area (Å²) < 4.78 is 4.53. The zero-order valence-electron chi connectivity index (χ0n) is 12.5. The Morgan fingerprint density at radius 2 is 1.89 bits per heavy atom. The third-order valence-electron chi connectivity index (χ3n) is 3.85. The molecule has 1 aliphatic rings. The molecule has 2 rings (SSSR count). The highest BCUT2D eigenvalue weighted by molar-refractivity contribution is 7.09. The lowest BCUT2D eigenvalue weighted by Gasteiger charge is -2.35. The molecule has 5 heteroatoms. The van der Waals surface area contributed by atoms with Crippen molar-refractivity contribution in [2.24, 2.45) is 5.73 Å². The van der Waals surface area contributed by atoms with Gasteiger partial charge in [0.05, 0.1) is 0 Å². The van der Waals surface area contributed by atoms with E-state index in [4.69, 9.17) is 10.7 Å². The summed E-state index contributed by atoms with van der Waals surface area (Å²) in [6, 6.07) is 0.986. The normalized spacial score (nSPS) is 24.5. The third kappa shape index (κ3) is 3.45. The highest BCUT2D eigenvalue weighted by Crippen LogP contribution is 2.30. The van der Waals surface area contributed by atoms with Gasteiger partial charge in [-0.05, 0) is 32.6 Å². The number of anilines is 1. The monoisotopic (exact) mass is 282 g/mol. The van der Waals surface area contributed by atoms with Crippen molar-refractivity contribution in [1.82, 2.24) is 9.36 Å². The van der Waals surface area contributed by atoms with Crippen LogP contribution in [-0.4, -0.2) is 28.0 Å². The van der Waals surface area contributed by atoms with Crippen molar-refractivity contribution in [3.8, 4) is 0 Å². The van der Waals surface area contributed by atoms with Crippen LogP contribution in [0.15, 0.2) is 0 Å². The number of hydrogen-bond acceptors (Lipinski definition) is 5. The Morgan fingerprint density at radius 1 is 1.26 bits per heavy atom. The van der Waals surface area contributed by atoms with Crippen LogP contribution in [0.4, 0.5) is 5.13 Å². The van der Waals surface area contributed by atoms with Crippen molar-refractivity contribution < 1.29 is 0 Å². The number of nitrogens with zero attached hydrogens (tertiary/aromatic N) is 3. The lowest BCUT2D eigenvalue weighted by atomic mass is 9.91. The average Bonchev–Trinajstić information content (AvgIpc) is 2.82. The molecule has 4 nitrogen and oxygen atoms in total. The quantitative estimate of drug-likeness (QED) is 0.926. The second-order valence-electron chi connectivity index (χ2n) is 6.51. The Morgan fingerprint density at radius 3 is 2.37 bits per heavy atom. The van der Waals surface area contributed by atoms with E-state index in [2.05, 4.69) is 37.0 Å². The van der Waals surface area contributed by atoms with Crippen LogP contribution in [0.5, 0.6) is 0 Å². The lowest BCUT2D eigenvalue weighted by molar-refractivity contribution is 0.377. The van der Waals surface area contributed by atoms with Gasteiger partial charge in [0.15, 0.2) is 0 Å². The third-order valence-corrected chi connectivity index (χ3v) is 4.61. The molecule has 0 spiro atoms. The van der Waals surface area contributed by atoms with Gasteiger partial charge in [0, 0.05) is 35.6 Å². The van der Waals surface area contributed by atoms with Gasteiger partial charge in [-0.3, -0.25) is 0 Å². The van der Waals surface area contributed by atoms with Crippen LogP contribution < -0.4 is 10.6 Å². The van der Waals surface area contributed by atoms with Crippen molar-refractivity contribution in [2.45, 2.75) is 70.9 Å². The first-order chi connectivity index (χ1) is 8.91. The maximum absolute atomic E-state index is 5.99. The molecule has 108 valence electrons. The summed E-state index contributed by atoms with van der Waals surface area (Å²) in [4.78, 5) is 7.16. The van der Waals surface area contributed by atoms with Crippen LogP contribution in [-0.2, 0) is 5.41 Å². The molecule has 0 aliphatic heterocycles. The standard InChI is InChI=1S/C14H26N4S/c1-5-18(11-8-6-10(15)7-9-11)13-16-12(17-19-13)14(2,3)4/h10-11H,5-9,15H2,1-4H3. The topological polar surface area (TPSA) is 55.0 Å². The summed E-state index contributed by atoms with van der Waals surface area (Å²) in [7, 11) is 0. The first-order valence-corrected chi connectivity index (χ1v) is 8.05. The largest absolute Gasteiger partial charge is 0.344 e. The van der Waals surface area contributed by atoms with Gasteiger partial charge < -0.3 is 10.6 Å². The Bertz CT molecular complexity index is 402. The van der Waals surface area contributed by atoms with Gasteiger partial charge in [0.25, 0.3) is 0 Å². The zero-order chi connectivity index (χ0) is 14.0. The van der Waals surface area contributed by atoms with Gasteiger partial charge in [-0.15, -0.1) is 0 Å². The maximum atomic E-state index is 5.99. The predicted octanol–water partition coefficient (Wildman–Crippen LogP) is 2.93. The molecular formula is C14H26N4S. The van der Waals surface area contributed by atoms with E-state index in [-0.39, 0.29) is 5.41 Å². The Labute approximate surface area is 120 Å². The summed E-state index contributed by atoms with van der Waals surface area (Å²) in [6.45, 7) is 9.68. The number of rotatable bonds is 3. The Hall–Kier alpha value is -0.680. The molecular weight excluding hydrogens is 256 g/mol. The minimum absolute atomic E-state index is 0.0308. The van der Waals surface area contributed by atoms with E-state index >= 15 is 0 Å². The molecule has 1 aliphatic carbocycles. The van der Waals surface area contributed by atoms with Gasteiger partial charge in [-0.1, -0.05) is 20.8 Å². The maximum Gasteiger partial charge on any atom is 0.205 e. The first kappa shape index (κ1) is 14.7. The van der Waals surface area contributed by atoms with Crippen molar-refractivity contribution in [1.29, 1.82) is 0 Å². The molecule has 0 aromatic carbocycles. The second kappa shape index (κ2) is 5.75. The Balaban J connectivity index is 2.11. The fraction of sp³-hybridized carbons (Fsp3) is 0.857. The van der Waals surface area contributed by atoms with E-state index in [1.54, 1.807) is 0 Å². The number of nitrogens with two attached hydrogens (primary N) is 1.